The lowest BCUT2D eigenvalue weighted by Crippen LogP contribution is -2.38. The minimum absolute atomic E-state index is 0.180. The molecule has 5 rings (SSSR count). The van der Waals surface area contributed by atoms with Crippen LogP contribution in [0, 0.1) is 0 Å². The normalized spacial score (nSPS) is 13.5. The molecule has 0 radical (unpaired) electrons. The molecule has 0 bridgehead atoms. The van der Waals surface area contributed by atoms with Crippen LogP contribution in [0.25, 0.3) is 12.2 Å². The van der Waals surface area contributed by atoms with Gasteiger partial charge in [0, 0.05) is 10.7 Å². The van der Waals surface area contributed by atoms with E-state index in [1.165, 1.54) is 0 Å². The summed E-state index contributed by atoms with van der Waals surface area (Å²) in [5.41, 5.74) is 4.02. The van der Waals surface area contributed by atoms with Crippen LogP contribution in [0.1, 0.15) is 78.2 Å². The van der Waals surface area contributed by atoms with E-state index in [2.05, 4.69) is 10.6 Å². The van der Waals surface area contributed by atoms with Crippen molar-refractivity contribution in [2.45, 2.75) is 51.1 Å². The molecule has 1 atom stereocenters. The zero-order valence-corrected chi connectivity index (χ0v) is 31.8. The minimum Gasteiger partial charge on any atom is -0.493 e. The van der Waals surface area contributed by atoms with Crippen molar-refractivity contribution in [3.63, 3.8) is 0 Å². The number of benzene rings is 4. The van der Waals surface area contributed by atoms with Gasteiger partial charge in [0.15, 0.2) is 34.5 Å². The molecule has 282 valence electrons. The van der Waals surface area contributed by atoms with E-state index in [9.17, 15) is 4.79 Å². The van der Waals surface area contributed by atoms with Gasteiger partial charge in [0.05, 0.1) is 54.3 Å². The van der Waals surface area contributed by atoms with Crippen LogP contribution >= 0.6 is 11.6 Å². The zero-order chi connectivity index (χ0) is 37.6. The van der Waals surface area contributed by atoms with Crippen LogP contribution in [-0.2, 0) is 0 Å². The molecule has 0 saturated carbocycles. The van der Waals surface area contributed by atoms with Gasteiger partial charge in [-0.15, -0.1) is 0 Å². The molecule has 4 aromatic rings. The van der Waals surface area contributed by atoms with Crippen molar-refractivity contribution in [3.8, 4) is 40.2 Å². The van der Waals surface area contributed by atoms with Gasteiger partial charge in [-0.25, -0.2) is 0 Å². The Labute approximate surface area is 317 Å². The highest BCUT2D eigenvalue weighted by atomic mass is 35.5. The van der Waals surface area contributed by atoms with Crippen molar-refractivity contribution in [3.05, 3.63) is 94.0 Å². The van der Waals surface area contributed by atoms with Crippen LogP contribution in [0.5, 0.6) is 40.2 Å². The average Bonchev–Trinajstić information content (AvgIpc) is 3.18. The Hall–Kier alpha value is -5.22. The summed E-state index contributed by atoms with van der Waals surface area (Å²) >= 11 is 6.06. The first-order chi connectivity index (χ1) is 25.9. The summed E-state index contributed by atoms with van der Waals surface area (Å²) in [6.07, 6.45) is 11.2. The molecule has 1 aliphatic heterocycles. The third-order valence-corrected chi connectivity index (χ3v) is 9.20. The summed E-state index contributed by atoms with van der Waals surface area (Å²) in [5.74, 6) is 4.32. The van der Waals surface area contributed by atoms with E-state index in [-0.39, 0.29) is 5.91 Å². The van der Waals surface area contributed by atoms with Crippen molar-refractivity contribution < 1.29 is 38.0 Å². The van der Waals surface area contributed by atoms with E-state index in [0.29, 0.717) is 58.3 Å². The molecule has 0 aliphatic carbocycles. The van der Waals surface area contributed by atoms with E-state index in [1.54, 1.807) is 47.7 Å². The first-order valence-corrected chi connectivity index (χ1v) is 18.2. The fraction of sp³-hybridized carbons (Fsp3) is 0.357. The highest BCUT2D eigenvalue weighted by Gasteiger charge is 2.25. The Morgan fingerprint density at radius 1 is 0.566 bits per heavy atom. The summed E-state index contributed by atoms with van der Waals surface area (Å²) in [5, 5.41) is 6.85. The zero-order valence-electron chi connectivity index (χ0n) is 31.1. The standard InChI is InChI=1S/C42H49ClN2O8/c1-47-34-19-15-28(13-14-29-24-38(49-3)40(51-5)39(25-29)50-4)23-37(34)53-22-12-10-8-6-7-9-11-21-52-35-20-16-30(26-36(35)48-2)41-44-33-18-17-31(43)27-32(33)42(46)45-41/h13-20,23-27,41,44H,6-12,21-22H2,1-5H3,(H,45,46). The second-order valence-corrected chi connectivity index (χ2v) is 13.0. The number of carbonyl (C=O) groups excluding carboxylic acids is 1. The maximum Gasteiger partial charge on any atom is 0.255 e. The molecule has 0 saturated heterocycles. The molecule has 1 unspecified atom stereocenters. The Kier molecular flexibility index (Phi) is 14.4. The van der Waals surface area contributed by atoms with Gasteiger partial charge in [-0.2, -0.15) is 0 Å². The highest BCUT2D eigenvalue weighted by Crippen LogP contribution is 2.39. The molecule has 0 spiro atoms. The van der Waals surface area contributed by atoms with Gasteiger partial charge in [0.1, 0.15) is 6.17 Å². The first-order valence-electron chi connectivity index (χ1n) is 17.8. The third-order valence-electron chi connectivity index (χ3n) is 8.97. The molecule has 4 aromatic carbocycles. The number of unbranched alkanes of at least 4 members (excludes halogenated alkanes) is 6. The molecule has 11 heteroatoms. The Bertz CT molecular complexity index is 1840. The largest absolute Gasteiger partial charge is 0.493 e. The highest BCUT2D eigenvalue weighted by molar-refractivity contribution is 6.31. The maximum absolute atomic E-state index is 12.7. The van der Waals surface area contributed by atoms with Crippen LogP contribution < -0.4 is 43.8 Å². The molecule has 1 heterocycles. The van der Waals surface area contributed by atoms with E-state index < -0.39 is 6.17 Å². The topological polar surface area (TPSA) is 106 Å². The number of hydrogen-bond donors (Lipinski definition) is 2. The number of anilines is 1. The van der Waals surface area contributed by atoms with Crippen molar-refractivity contribution in [2.24, 2.45) is 0 Å². The van der Waals surface area contributed by atoms with Crippen LogP contribution in [0.4, 0.5) is 5.69 Å². The summed E-state index contributed by atoms with van der Waals surface area (Å²) in [7, 11) is 8.07. The lowest BCUT2D eigenvalue weighted by molar-refractivity contribution is 0.0935. The molecule has 1 amide bonds. The van der Waals surface area contributed by atoms with Gasteiger partial charge in [0.25, 0.3) is 5.91 Å². The number of rotatable bonds is 20. The summed E-state index contributed by atoms with van der Waals surface area (Å²) in [6, 6.07) is 20.7. The SMILES string of the molecule is COc1cc(C2NC(=O)c3cc(Cl)ccc3N2)ccc1OCCCCCCCCCOc1cc(C=Cc2cc(OC)c(OC)c(OC)c2)ccc1OC. The lowest BCUT2D eigenvalue weighted by Gasteiger charge is -2.28. The van der Waals surface area contributed by atoms with Crippen LogP contribution in [0.2, 0.25) is 5.02 Å². The van der Waals surface area contributed by atoms with Crippen LogP contribution in [0.15, 0.2) is 66.7 Å². The second-order valence-electron chi connectivity index (χ2n) is 12.5. The van der Waals surface area contributed by atoms with E-state index >= 15 is 0 Å². The number of methoxy groups -OCH3 is 5. The number of carbonyl (C=O) groups is 1. The maximum atomic E-state index is 12.7. The second kappa shape index (κ2) is 19.6. The van der Waals surface area contributed by atoms with Crippen molar-refractivity contribution >= 4 is 35.3 Å². The number of nitrogens with one attached hydrogen (secondary N) is 2. The quantitative estimate of drug-likeness (QED) is 0.0676. The number of amides is 1. The molecular formula is C42H49ClN2O8. The van der Waals surface area contributed by atoms with Gasteiger partial charge in [-0.05, 0) is 84.1 Å². The van der Waals surface area contributed by atoms with E-state index in [4.69, 9.17) is 44.8 Å². The first kappa shape index (κ1) is 39.0. The fourth-order valence-corrected chi connectivity index (χ4v) is 6.30. The van der Waals surface area contributed by atoms with Crippen molar-refractivity contribution in [1.82, 2.24) is 5.32 Å². The molecule has 53 heavy (non-hydrogen) atoms. The Morgan fingerprint density at radius 3 is 1.79 bits per heavy atom. The third kappa shape index (κ3) is 10.4. The molecule has 1 aliphatic rings. The number of halogens is 1. The monoisotopic (exact) mass is 744 g/mol. The molecule has 0 aromatic heterocycles. The van der Waals surface area contributed by atoms with Gasteiger partial charge < -0.3 is 43.8 Å². The minimum atomic E-state index is -0.393. The smallest absolute Gasteiger partial charge is 0.255 e. The van der Waals surface area contributed by atoms with Crippen molar-refractivity contribution in [2.75, 3.05) is 54.1 Å². The van der Waals surface area contributed by atoms with E-state index in [1.807, 2.05) is 66.7 Å². The average molecular weight is 745 g/mol. The van der Waals surface area contributed by atoms with Gasteiger partial charge in [-0.3, -0.25) is 4.79 Å². The van der Waals surface area contributed by atoms with Crippen LogP contribution in [-0.4, -0.2) is 54.7 Å². The summed E-state index contributed by atoms with van der Waals surface area (Å²) < 4.78 is 39.7. The number of hydrogen-bond acceptors (Lipinski definition) is 9. The van der Waals surface area contributed by atoms with E-state index in [0.717, 1.165) is 73.1 Å². The lowest BCUT2D eigenvalue weighted by atomic mass is 10.1. The van der Waals surface area contributed by atoms with Gasteiger partial charge >= 0.3 is 0 Å². The van der Waals surface area contributed by atoms with Gasteiger partial charge in [-0.1, -0.05) is 68.0 Å². The predicted molar refractivity (Wildman–Crippen MR) is 210 cm³/mol. The van der Waals surface area contributed by atoms with Gasteiger partial charge in [0.2, 0.25) is 5.75 Å². The Balaban J connectivity index is 0.988. The number of fused-ring (bicyclic) bond motifs is 1. The number of ether oxygens (including phenoxy) is 7. The van der Waals surface area contributed by atoms with Crippen LogP contribution in [0.3, 0.4) is 0 Å². The fourth-order valence-electron chi connectivity index (χ4n) is 6.13. The molecule has 10 nitrogen and oxygen atoms in total. The predicted octanol–water partition coefficient (Wildman–Crippen LogP) is 9.60. The molecule has 0 fully saturated rings. The molecule has 2 N–H and O–H groups in total. The summed E-state index contributed by atoms with van der Waals surface area (Å²) in [4.78, 5) is 12.7. The summed E-state index contributed by atoms with van der Waals surface area (Å²) in [6.45, 7) is 1.23. The molecular weight excluding hydrogens is 696 g/mol. The van der Waals surface area contributed by atoms with Crippen molar-refractivity contribution in [1.29, 1.82) is 0 Å². The Morgan fingerprint density at radius 2 is 1.15 bits per heavy atom.